The third-order valence-corrected chi connectivity index (χ3v) is 5.40. The molecule has 0 spiro atoms. The fourth-order valence-corrected chi connectivity index (χ4v) is 3.50. The Morgan fingerprint density at radius 1 is 0.903 bits per heavy atom. The molecule has 0 aromatic heterocycles. The molecule has 0 aliphatic rings. The van der Waals surface area contributed by atoms with Crippen molar-refractivity contribution in [2.24, 2.45) is 5.10 Å². The largest absolute Gasteiger partial charge is 0.497 e. The SMILES string of the molecule is COc1ccc(S(=O)(=O)Oc2ccc(/C=N\NC(=O)c3ccccc3)cc2OC)cc1. The van der Waals surface area contributed by atoms with Crippen molar-refractivity contribution in [3.63, 3.8) is 0 Å². The minimum atomic E-state index is -4.07. The van der Waals surface area contributed by atoms with E-state index < -0.39 is 10.1 Å². The summed E-state index contributed by atoms with van der Waals surface area (Å²) in [5, 5.41) is 3.91. The summed E-state index contributed by atoms with van der Waals surface area (Å²) in [6.45, 7) is 0. The third kappa shape index (κ3) is 5.61. The van der Waals surface area contributed by atoms with Crippen LogP contribution in [0.5, 0.6) is 17.2 Å². The number of ether oxygens (including phenoxy) is 2. The fraction of sp³-hybridized carbons (Fsp3) is 0.0909. The van der Waals surface area contributed by atoms with E-state index in [1.165, 1.54) is 56.8 Å². The molecule has 3 rings (SSSR count). The Hall–Kier alpha value is -3.85. The molecule has 0 saturated carbocycles. The fourth-order valence-electron chi connectivity index (χ4n) is 2.56. The van der Waals surface area contributed by atoms with Crippen molar-refractivity contribution in [1.29, 1.82) is 0 Å². The minimum Gasteiger partial charge on any atom is -0.497 e. The van der Waals surface area contributed by atoms with Gasteiger partial charge in [0, 0.05) is 5.56 Å². The maximum absolute atomic E-state index is 12.5. The lowest BCUT2D eigenvalue weighted by Crippen LogP contribution is -2.17. The molecule has 0 unspecified atom stereocenters. The van der Waals surface area contributed by atoms with Crippen LogP contribution in [0.1, 0.15) is 15.9 Å². The Kier molecular flexibility index (Phi) is 6.88. The van der Waals surface area contributed by atoms with Gasteiger partial charge in [-0.25, -0.2) is 5.43 Å². The molecule has 0 saturated heterocycles. The molecule has 0 fully saturated rings. The Morgan fingerprint density at radius 3 is 2.26 bits per heavy atom. The molecule has 0 heterocycles. The molecule has 0 radical (unpaired) electrons. The number of benzene rings is 3. The minimum absolute atomic E-state index is 0.0174. The van der Waals surface area contributed by atoms with E-state index in [4.69, 9.17) is 13.7 Å². The number of hydrogen-bond acceptors (Lipinski definition) is 7. The molecular formula is C22H20N2O6S. The van der Waals surface area contributed by atoms with E-state index in [-0.39, 0.29) is 22.3 Å². The number of rotatable bonds is 8. The van der Waals surface area contributed by atoms with Gasteiger partial charge in [-0.3, -0.25) is 4.79 Å². The van der Waals surface area contributed by atoms with E-state index in [0.29, 0.717) is 16.9 Å². The van der Waals surface area contributed by atoms with Crippen LogP contribution in [0.15, 0.2) is 82.8 Å². The van der Waals surface area contributed by atoms with Crippen LogP contribution in [0.4, 0.5) is 0 Å². The highest BCUT2D eigenvalue weighted by atomic mass is 32.2. The summed E-state index contributed by atoms with van der Waals surface area (Å²) >= 11 is 0. The lowest BCUT2D eigenvalue weighted by molar-refractivity contribution is 0.0955. The number of hydrazone groups is 1. The van der Waals surface area contributed by atoms with Crippen LogP contribution < -0.4 is 19.1 Å². The molecule has 160 valence electrons. The number of methoxy groups -OCH3 is 2. The predicted molar refractivity (Wildman–Crippen MR) is 115 cm³/mol. The molecular weight excluding hydrogens is 420 g/mol. The summed E-state index contributed by atoms with van der Waals surface area (Å²) < 4.78 is 40.6. The van der Waals surface area contributed by atoms with Crippen LogP contribution in [0, 0.1) is 0 Å². The number of nitrogens with zero attached hydrogens (tertiary/aromatic N) is 1. The van der Waals surface area contributed by atoms with Gasteiger partial charge in [-0.2, -0.15) is 13.5 Å². The van der Waals surface area contributed by atoms with Gasteiger partial charge in [0.2, 0.25) is 0 Å². The van der Waals surface area contributed by atoms with Crippen LogP contribution in [-0.4, -0.2) is 34.8 Å². The molecule has 0 atom stereocenters. The molecule has 9 heteroatoms. The van der Waals surface area contributed by atoms with E-state index >= 15 is 0 Å². The first kappa shape index (κ1) is 21.8. The van der Waals surface area contributed by atoms with Gasteiger partial charge in [0.25, 0.3) is 5.91 Å². The highest BCUT2D eigenvalue weighted by Crippen LogP contribution is 2.30. The number of amides is 1. The van der Waals surface area contributed by atoms with Gasteiger partial charge >= 0.3 is 10.1 Å². The first-order valence-electron chi connectivity index (χ1n) is 9.08. The quantitative estimate of drug-likeness (QED) is 0.328. The zero-order valence-electron chi connectivity index (χ0n) is 16.8. The Morgan fingerprint density at radius 2 is 1.61 bits per heavy atom. The van der Waals surface area contributed by atoms with E-state index in [1.807, 2.05) is 6.07 Å². The second-order valence-corrected chi connectivity index (χ2v) is 7.73. The topological polar surface area (TPSA) is 103 Å². The first-order valence-corrected chi connectivity index (χ1v) is 10.5. The zero-order chi connectivity index (χ0) is 22.3. The molecule has 3 aromatic carbocycles. The second-order valence-electron chi connectivity index (χ2n) is 6.19. The maximum atomic E-state index is 12.5. The Balaban J connectivity index is 1.72. The highest BCUT2D eigenvalue weighted by Gasteiger charge is 2.19. The average Bonchev–Trinajstić information content (AvgIpc) is 2.80. The molecule has 31 heavy (non-hydrogen) atoms. The molecule has 3 aromatic rings. The monoisotopic (exact) mass is 440 g/mol. The van der Waals surface area contributed by atoms with Gasteiger partial charge in [0.15, 0.2) is 11.5 Å². The van der Waals surface area contributed by atoms with E-state index in [9.17, 15) is 13.2 Å². The third-order valence-electron chi connectivity index (χ3n) is 4.15. The summed E-state index contributed by atoms with van der Waals surface area (Å²) in [5.74, 6) is 0.382. The summed E-state index contributed by atoms with van der Waals surface area (Å²) in [4.78, 5) is 12.0. The van der Waals surface area contributed by atoms with Crippen molar-refractivity contribution in [1.82, 2.24) is 5.43 Å². The lowest BCUT2D eigenvalue weighted by Gasteiger charge is -2.11. The molecule has 0 bridgehead atoms. The van der Waals surface area contributed by atoms with Crippen molar-refractivity contribution in [2.75, 3.05) is 14.2 Å². The summed E-state index contributed by atoms with van der Waals surface area (Å²) in [7, 11) is -1.19. The number of carbonyl (C=O) groups excluding carboxylic acids is 1. The number of hydrogen-bond donors (Lipinski definition) is 1. The smallest absolute Gasteiger partial charge is 0.339 e. The molecule has 0 aliphatic carbocycles. The lowest BCUT2D eigenvalue weighted by atomic mass is 10.2. The van der Waals surface area contributed by atoms with Crippen molar-refractivity contribution >= 4 is 22.2 Å². The highest BCUT2D eigenvalue weighted by molar-refractivity contribution is 7.87. The Labute approximate surface area is 180 Å². The normalized spacial score (nSPS) is 11.2. The average molecular weight is 440 g/mol. The van der Waals surface area contributed by atoms with Crippen LogP contribution in [0.25, 0.3) is 0 Å². The van der Waals surface area contributed by atoms with Crippen molar-refractivity contribution in [2.45, 2.75) is 4.90 Å². The second kappa shape index (κ2) is 9.77. The number of carbonyl (C=O) groups is 1. The summed E-state index contributed by atoms with van der Waals surface area (Å²) in [5.41, 5.74) is 3.47. The standard InChI is InChI=1S/C22H20N2O6S/c1-28-18-9-11-19(12-10-18)31(26,27)30-20-13-8-16(14-21(20)29-2)15-23-24-22(25)17-6-4-3-5-7-17/h3-15H,1-2H3,(H,24,25)/b23-15-. The van der Waals surface area contributed by atoms with Gasteiger partial charge in [-0.1, -0.05) is 18.2 Å². The van der Waals surface area contributed by atoms with E-state index in [0.717, 1.165) is 0 Å². The Bertz CT molecular complexity index is 1180. The zero-order valence-corrected chi connectivity index (χ0v) is 17.6. The van der Waals surface area contributed by atoms with Gasteiger partial charge in [0.1, 0.15) is 10.6 Å². The van der Waals surface area contributed by atoms with E-state index in [1.54, 1.807) is 30.3 Å². The van der Waals surface area contributed by atoms with Gasteiger partial charge in [-0.05, 0) is 60.2 Å². The van der Waals surface area contributed by atoms with E-state index in [2.05, 4.69) is 10.5 Å². The molecule has 0 aliphatic heterocycles. The number of nitrogens with one attached hydrogen (secondary N) is 1. The van der Waals surface area contributed by atoms with Crippen LogP contribution in [0.2, 0.25) is 0 Å². The summed E-state index contributed by atoms with van der Waals surface area (Å²) in [6, 6.07) is 19.0. The van der Waals surface area contributed by atoms with Crippen molar-refractivity contribution < 1.29 is 26.9 Å². The summed E-state index contributed by atoms with van der Waals surface area (Å²) in [6.07, 6.45) is 1.41. The van der Waals surface area contributed by atoms with Gasteiger partial charge in [0.05, 0.1) is 20.4 Å². The van der Waals surface area contributed by atoms with Gasteiger partial charge < -0.3 is 13.7 Å². The first-order chi connectivity index (χ1) is 14.9. The van der Waals surface area contributed by atoms with Crippen molar-refractivity contribution in [3.05, 3.63) is 83.9 Å². The van der Waals surface area contributed by atoms with Crippen LogP contribution >= 0.6 is 0 Å². The van der Waals surface area contributed by atoms with Crippen LogP contribution in [-0.2, 0) is 10.1 Å². The molecule has 1 amide bonds. The maximum Gasteiger partial charge on any atom is 0.339 e. The molecule has 8 nitrogen and oxygen atoms in total. The van der Waals surface area contributed by atoms with Crippen molar-refractivity contribution in [3.8, 4) is 17.2 Å². The van der Waals surface area contributed by atoms with Crippen LogP contribution in [0.3, 0.4) is 0 Å². The predicted octanol–water partition coefficient (Wildman–Crippen LogP) is 3.24. The molecule has 1 N–H and O–H groups in total. The van der Waals surface area contributed by atoms with Gasteiger partial charge in [-0.15, -0.1) is 0 Å².